The third kappa shape index (κ3) is 3.06. The third-order valence-electron chi connectivity index (χ3n) is 3.10. The van der Waals surface area contributed by atoms with Crippen molar-refractivity contribution < 1.29 is 4.21 Å². The first-order valence-electron chi connectivity index (χ1n) is 5.21. The van der Waals surface area contributed by atoms with Gasteiger partial charge in [0.1, 0.15) is 0 Å². The molecule has 2 unspecified atom stereocenters. The first-order chi connectivity index (χ1) is 6.13. The molecule has 0 aromatic heterocycles. The maximum Gasteiger partial charge on any atom is 0.0317 e. The SMILES string of the molecule is CCC(C)S(=O)CC1(CCN)CC1. The van der Waals surface area contributed by atoms with E-state index in [-0.39, 0.29) is 0 Å². The van der Waals surface area contributed by atoms with E-state index in [2.05, 4.69) is 13.8 Å². The summed E-state index contributed by atoms with van der Waals surface area (Å²) >= 11 is 0. The van der Waals surface area contributed by atoms with Gasteiger partial charge in [0.25, 0.3) is 0 Å². The van der Waals surface area contributed by atoms with E-state index in [9.17, 15) is 4.21 Å². The van der Waals surface area contributed by atoms with Crippen LogP contribution in [0.5, 0.6) is 0 Å². The van der Waals surface area contributed by atoms with Gasteiger partial charge in [0.2, 0.25) is 0 Å². The van der Waals surface area contributed by atoms with E-state index >= 15 is 0 Å². The molecule has 1 rings (SSSR count). The zero-order valence-electron chi connectivity index (χ0n) is 8.71. The maximum absolute atomic E-state index is 11.8. The molecule has 0 aromatic rings. The molecule has 3 heteroatoms. The molecule has 0 radical (unpaired) electrons. The number of hydrogen-bond donors (Lipinski definition) is 1. The van der Waals surface area contributed by atoms with E-state index in [1.54, 1.807) is 0 Å². The maximum atomic E-state index is 11.8. The average Bonchev–Trinajstić information content (AvgIpc) is 2.84. The summed E-state index contributed by atoms with van der Waals surface area (Å²) < 4.78 is 11.8. The lowest BCUT2D eigenvalue weighted by Crippen LogP contribution is -2.22. The first-order valence-corrected chi connectivity index (χ1v) is 6.59. The molecule has 78 valence electrons. The number of hydrogen-bond acceptors (Lipinski definition) is 2. The summed E-state index contributed by atoms with van der Waals surface area (Å²) in [4.78, 5) is 0. The highest BCUT2D eigenvalue weighted by Gasteiger charge is 2.43. The number of rotatable bonds is 6. The summed E-state index contributed by atoms with van der Waals surface area (Å²) in [5, 5.41) is 0.357. The molecule has 1 aliphatic carbocycles. The molecule has 1 saturated carbocycles. The Morgan fingerprint density at radius 2 is 2.15 bits per heavy atom. The highest BCUT2D eigenvalue weighted by Crippen LogP contribution is 2.49. The Morgan fingerprint density at radius 1 is 1.54 bits per heavy atom. The Morgan fingerprint density at radius 3 is 2.54 bits per heavy atom. The Hall–Kier alpha value is 0.110. The molecule has 1 fully saturated rings. The van der Waals surface area contributed by atoms with Crippen molar-refractivity contribution in [2.75, 3.05) is 12.3 Å². The Kier molecular flexibility index (Phi) is 3.92. The van der Waals surface area contributed by atoms with Crippen LogP contribution in [0.3, 0.4) is 0 Å². The van der Waals surface area contributed by atoms with Gasteiger partial charge in [0.05, 0.1) is 0 Å². The van der Waals surface area contributed by atoms with E-state index in [0.29, 0.717) is 10.7 Å². The minimum atomic E-state index is -0.629. The van der Waals surface area contributed by atoms with E-state index in [0.717, 1.165) is 25.1 Å². The highest BCUT2D eigenvalue weighted by molar-refractivity contribution is 7.85. The lowest BCUT2D eigenvalue weighted by molar-refractivity contribution is 0.526. The van der Waals surface area contributed by atoms with Gasteiger partial charge in [-0.3, -0.25) is 4.21 Å². The normalized spacial score (nSPS) is 23.9. The van der Waals surface area contributed by atoms with Crippen molar-refractivity contribution >= 4 is 10.8 Å². The van der Waals surface area contributed by atoms with Crippen LogP contribution in [-0.2, 0) is 10.8 Å². The zero-order chi connectivity index (χ0) is 9.90. The number of nitrogens with two attached hydrogens (primary N) is 1. The second-order valence-corrected chi connectivity index (χ2v) is 6.14. The Balaban J connectivity index is 2.35. The fraction of sp³-hybridized carbons (Fsp3) is 1.00. The molecular formula is C10H21NOS. The van der Waals surface area contributed by atoms with Gasteiger partial charge >= 0.3 is 0 Å². The standard InChI is InChI=1S/C10H21NOS/c1-3-9(2)13(12)8-10(4-5-10)6-7-11/h9H,3-8,11H2,1-2H3. The average molecular weight is 203 g/mol. The molecule has 1 aliphatic rings. The van der Waals surface area contributed by atoms with Crippen molar-refractivity contribution in [3.05, 3.63) is 0 Å². The van der Waals surface area contributed by atoms with Crippen LogP contribution in [0.4, 0.5) is 0 Å². The molecule has 0 aliphatic heterocycles. The van der Waals surface area contributed by atoms with E-state index in [1.807, 2.05) is 0 Å². The first kappa shape index (κ1) is 11.2. The summed E-state index contributed by atoms with van der Waals surface area (Å²) in [6.07, 6.45) is 4.57. The van der Waals surface area contributed by atoms with E-state index < -0.39 is 10.8 Å². The quantitative estimate of drug-likeness (QED) is 0.713. The van der Waals surface area contributed by atoms with Crippen LogP contribution >= 0.6 is 0 Å². The second kappa shape index (κ2) is 4.56. The van der Waals surface area contributed by atoms with Crippen LogP contribution in [-0.4, -0.2) is 21.8 Å². The molecule has 0 spiro atoms. The van der Waals surface area contributed by atoms with Crippen LogP contribution in [0.1, 0.15) is 39.5 Å². The molecule has 0 heterocycles. The molecule has 2 atom stereocenters. The smallest absolute Gasteiger partial charge is 0.0317 e. The van der Waals surface area contributed by atoms with Crippen LogP contribution in [0.2, 0.25) is 0 Å². The fourth-order valence-electron chi connectivity index (χ4n) is 1.58. The van der Waals surface area contributed by atoms with Crippen LogP contribution in [0.25, 0.3) is 0 Å². The van der Waals surface area contributed by atoms with Crippen LogP contribution < -0.4 is 5.73 Å². The fourth-order valence-corrected chi connectivity index (χ4v) is 3.27. The van der Waals surface area contributed by atoms with Crippen molar-refractivity contribution in [1.29, 1.82) is 0 Å². The van der Waals surface area contributed by atoms with Crippen molar-refractivity contribution in [1.82, 2.24) is 0 Å². The highest BCUT2D eigenvalue weighted by atomic mass is 32.2. The van der Waals surface area contributed by atoms with Gasteiger partial charge in [-0.1, -0.05) is 13.8 Å². The molecule has 0 bridgehead atoms. The molecule has 0 amide bonds. The summed E-state index contributed by atoms with van der Waals surface area (Å²) in [6.45, 7) is 4.93. The lowest BCUT2D eigenvalue weighted by atomic mass is 10.1. The zero-order valence-corrected chi connectivity index (χ0v) is 9.53. The monoisotopic (exact) mass is 203 g/mol. The summed E-state index contributed by atoms with van der Waals surface area (Å²) in [5.74, 6) is 0.888. The van der Waals surface area contributed by atoms with Gasteiger partial charge in [-0.15, -0.1) is 0 Å². The summed E-state index contributed by atoms with van der Waals surface area (Å²) in [6, 6.07) is 0. The predicted octanol–water partition coefficient (Wildman–Crippen LogP) is 1.66. The lowest BCUT2D eigenvalue weighted by Gasteiger charge is -2.16. The summed E-state index contributed by atoms with van der Waals surface area (Å²) in [5.41, 5.74) is 5.92. The molecular weight excluding hydrogens is 182 g/mol. The van der Waals surface area contributed by atoms with Crippen molar-refractivity contribution in [3.63, 3.8) is 0 Å². The summed E-state index contributed by atoms with van der Waals surface area (Å²) in [7, 11) is -0.629. The van der Waals surface area contributed by atoms with Gasteiger partial charge in [-0.2, -0.15) is 0 Å². The second-order valence-electron chi connectivity index (χ2n) is 4.28. The third-order valence-corrected chi connectivity index (χ3v) is 5.23. The molecule has 2 nitrogen and oxygen atoms in total. The molecule has 0 saturated heterocycles. The molecule has 2 N–H and O–H groups in total. The van der Waals surface area contributed by atoms with Crippen molar-refractivity contribution in [2.45, 2.75) is 44.8 Å². The van der Waals surface area contributed by atoms with E-state index in [1.165, 1.54) is 12.8 Å². The van der Waals surface area contributed by atoms with Crippen molar-refractivity contribution in [2.24, 2.45) is 11.1 Å². The van der Waals surface area contributed by atoms with E-state index in [4.69, 9.17) is 5.73 Å². The van der Waals surface area contributed by atoms with Gasteiger partial charge < -0.3 is 5.73 Å². The van der Waals surface area contributed by atoms with Gasteiger partial charge in [0, 0.05) is 21.8 Å². The molecule has 13 heavy (non-hydrogen) atoms. The topological polar surface area (TPSA) is 43.1 Å². The largest absolute Gasteiger partial charge is 0.330 e. The van der Waals surface area contributed by atoms with Gasteiger partial charge in [-0.25, -0.2) is 0 Å². The Bertz CT molecular complexity index is 189. The van der Waals surface area contributed by atoms with Gasteiger partial charge in [-0.05, 0) is 37.6 Å². The van der Waals surface area contributed by atoms with Crippen LogP contribution in [0.15, 0.2) is 0 Å². The van der Waals surface area contributed by atoms with Crippen LogP contribution in [0, 0.1) is 5.41 Å². The minimum absolute atomic E-state index is 0.357. The van der Waals surface area contributed by atoms with Gasteiger partial charge in [0.15, 0.2) is 0 Å². The van der Waals surface area contributed by atoms with Crippen molar-refractivity contribution in [3.8, 4) is 0 Å². The Labute approximate surface area is 83.7 Å². The minimum Gasteiger partial charge on any atom is -0.330 e. The molecule has 0 aromatic carbocycles. The predicted molar refractivity (Wildman–Crippen MR) is 58.1 cm³/mol.